The molecular formula is C19H19N3O3. The molecule has 3 aromatic rings. The van der Waals surface area contributed by atoms with Crippen LogP contribution < -0.4 is 10.1 Å². The minimum atomic E-state index is 0.107. The van der Waals surface area contributed by atoms with E-state index in [1.807, 2.05) is 54.6 Å². The van der Waals surface area contributed by atoms with Crippen LogP contribution in [-0.2, 0) is 11.3 Å². The molecule has 2 aromatic carbocycles. The van der Waals surface area contributed by atoms with Crippen molar-refractivity contribution in [3.8, 4) is 17.1 Å². The summed E-state index contributed by atoms with van der Waals surface area (Å²) in [6.07, 6.45) is 1.02. The van der Waals surface area contributed by atoms with E-state index in [1.165, 1.54) is 0 Å². The quantitative estimate of drug-likeness (QED) is 0.742. The fourth-order valence-corrected chi connectivity index (χ4v) is 2.70. The van der Waals surface area contributed by atoms with Crippen molar-refractivity contribution in [1.29, 1.82) is 0 Å². The van der Waals surface area contributed by atoms with Gasteiger partial charge in [0, 0.05) is 12.0 Å². The molecule has 1 unspecified atom stereocenters. The largest absolute Gasteiger partial charge is 0.486 e. The zero-order chi connectivity index (χ0) is 16.9. The average Bonchev–Trinajstić information content (AvgIpc) is 3.34. The van der Waals surface area contributed by atoms with E-state index in [1.54, 1.807) is 0 Å². The van der Waals surface area contributed by atoms with Gasteiger partial charge in [-0.05, 0) is 12.1 Å². The fourth-order valence-electron chi connectivity index (χ4n) is 2.70. The maximum absolute atomic E-state index is 6.02. The van der Waals surface area contributed by atoms with E-state index < -0.39 is 0 Å². The maximum Gasteiger partial charge on any atom is 0.246 e. The molecule has 0 saturated carbocycles. The van der Waals surface area contributed by atoms with E-state index >= 15 is 0 Å². The summed E-state index contributed by atoms with van der Waals surface area (Å²) in [6.45, 7) is 1.82. The minimum absolute atomic E-state index is 0.107. The number of rotatable bonds is 6. The van der Waals surface area contributed by atoms with Gasteiger partial charge in [-0.1, -0.05) is 47.6 Å². The zero-order valence-electron chi connectivity index (χ0n) is 13.7. The normalized spacial score (nSPS) is 16.7. The first-order valence-electron chi connectivity index (χ1n) is 8.34. The van der Waals surface area contributed by atoms with Crippen LogP contribution in [0.15, 0.2) is 59.1 Å². The van der Waals surface area contributed by atoms with Crippen LogP contribution in [0.25, 0.3) is 11.4 Å². The zero-order valence-corrected chi connectivity index (χ0v) is 13.7. The lowest BCUT2D eigenvalue weighted by Crippen LogP contribution is -2.16. The minimum Gasteiger partial charge on any atom is -0.486 e. The molecule has 1 saturated heterocycles. The van der Waals surface area contributed by atoms with Crippen molar-refractivity contribution in [2.45, 2.75) is 19.1 Å². The van der Waals surface area contributed by atoms with Crippen molar-refractivity contribution in [2.75, 3.05) is 18.5 Å². The first kappa shape index (κ1) is 15.7. The van der Waals surface area contributed by atoms with E-state index in [0.29, 0.717) is 24.9 Å². The number of aromatic nitrogens is 2. The van der Waals surface area contributed by atoms with Gasteiger partial charge in [0.2, 0.25) is 11.7 Å². The molecule has 4 rings (SSSR count). The molecule has 1 aliphatic rings. The van der Waals surface area contributed by atoms with Gasteiger partial charge in [-0.3, -0.25) is 0 Å². The predicted octanol–water partition coefficient (Wildman–Crippen LogP) is 3.52. The second kappa shape index (κ2) is 7.36. The van der Waals surface area contributed by atoms with E-state index in [4.69, 9.17) is 14.0 Å². The molecule has 2 heterocycles. The van der Waals surface area contributed by atoms with Crippen LogP contribution in [-0.4, -0.2) is 29.5 Å². The highest BCUT2D eigenvalue weighted by atomic mass is 16.5. The Morgan fingerprint density at radius 1 is 1.08 bits per heavy atom. The first-order chi connectivity index (χ1) is 12.4. The number of ether oxygens (including phenoxy) is 2. The molecule has 0 aliphatic carbocycles. The standard InChI is InChI=1S/C19H19N3O3/c1-2-6-14(7-3-1)19-21-18(25-22-19)12-20-16-8-4-5-9-17(16)24-15-10-11-23-13-15/h1-9,15,20H,10-13H2. The second-order valence-electron chi connectivity index (χ2n) is 5.83. The smallest absolute Gasteiger partial charge is 0.246 e. The van der Waals surface area contributed by atoms with Crippen molar-refractivity contribution >= 4 is 5.69 Å². The van der Waals surface area contributed by atoms with E-state index in [9.17, 15) is 0 Å². The number of para-hydroxylation sites is 2. The summed E-state index contributed by atoms with van der Waals surface area (Å²) in [6, 6.07) is 17.6. The van der Waals surface area contributed by atoms with Crippen LogP contribution in [0.1, 0.15) is 12.3 Å². The molecule has 1 N–H and O–H groups in total. The molecule has 6 nitrogen and oxygen atoms in total. The van der Waals surface area contributed by atoms with Gasteiger partial charge in [0.25, 0.3) is 0 Å². The lowest BCUT2D eigenvalue weighted by Gasteiger charge is -2.15. The summed E-state index contributed by atoms with van der Waals surface area (Å²) in [4.78, 5) is 4.43. The third-order valence-corrected chi connectivity index (χ3v) is 4.00. The Morgan fingerprint density at radius 2 is 1.92 bits per heavy atom. The van der Waals surface area contributed by atoms with E-state index in [-0.39, 0.29) is 6.10 Å². The molecule has 1 aliphatic heterocycles. The highest BCUT2D eigenvalue weighted by molar-refractivity contribution is 5.56. The molecule has 1 aromatic heterocycles. The molecule has 0 spiro atoms. The van der Waals surface area contributed by atoms with Gasteiger partial charge >= 0.3 is 0 Å². The van der Waals surface area contributed by atoms with Crippen LogP contribution in [0, 0.1) is 0 Å². The van der Waals surface area contributed by atoms with Gasteiger partial charge in [0.15, 0.2) is 0 Å². The van der Waals surface area contributed by atoms with Crippen molar-refractivity contribution in [3.05, 3.63) is 60.5 Å². The Hall–Kier alpha value is -2.86. The van der Waals surface area contributed by atoms with Crippen LogP contribution >= 0.6 is 0 Å². The fraction of sp³-hybridized carbons (Fsp3) is 0.263. The molecule has 6 heteroatoms. The number of nitrogens with one attached hydrogen (secondary N) is 1. The van der Waals surface area contributed by atoms with Crippen LogP contribution in [0.5, 0.6) is 5.75 Å². The van der Waals surface area contributed by atoms with E-state index in [0.717, 1.165) is 30.0 Å². The Morgan fingerprint density at radius 3 is 2.76 bits per heavy atom. The number of benzene rings is 2. The second-order valence-corrected chi connectivity index (χ2v) is 5.83. The summed E-state index contributed by atoms with van der Waals surface area (Å²) >= 11 is 0. The van der Waals surface area contributed by atoms with Gasteiger partial charge in [0.05, 0.1) is 25.4 Å². The third kappa shape index (κ3) is 3.80. The molecule has 0 amide bonds. The first-order valence-corrected chi connectivity index (χ1v) is 8.34. The number of anilines is 1. The lowest BCUT2D eigenvalue weighted by atomic mass is 10.2. The lowest BCUT2D eigenvalue weighted by molar-refractivity contribution is 0.142. The van der Waals surface area contributed by atoms with Gasteiger partial charge in [-0.15, -0.1) is 0 Å². The molecule has 1 fully saturated rings. The summed E-state index contributed by atoms with van der Waals surface area (Å²) in [7, 11) is 0. The van der Waals surface area contributed by atoms with E-state index in [2.05, 4.69) is 15.5 Å². The van der Waals surface area contributed by atoms with Crippen LogP contribution in [0.3, 0.4) is 0 Å². The molecule has 0 radical (unpaired) electrons. The number of hydrogen-bond acceptors (Lipinski definition) is 6. The van der Waals surface area contributed by atoms with Crippen LogP contribution in [0.2, 0.25) is 0 Å². The van der Waals surface area contributed by atoms with Crippen molar-refractivity contribution in [1.82, 2.24) is 10.1 Å². The highest BCUT2D eigenvalue weighted by Gasteiger charge is 2.18. The molecular weight excluding hydrogens is 318 g/mol. The summed E-state index contributed by atoms with van der Waals surface area (Å²) < 4.78 is 16.7. The van der Waals surface area contributed by atoms with Gasteiger partial charge < -0.3 is 19.3 Å². The number of nitrogens with zero attached hydrogens (tertiary/aromatic N) is 2. The van der Waals surface area contributed by atoms with Crippen molar-refractivity contribution < 1.29 is 14.0 Å². The Kier molecular flexibility index (Phi) is 4.61. The Bertz CT molecular complexity index is 814. The van der Waals surface area contributed by atoms with Crippen LogP contribution in [0.4, 0.5) is 5.69 Å². The summed E-state index contributed by atoms with van der Waals surface area (Å²) in [5, 5.41) is 7.34. The summed E-state index contributed by atoms with van der Waals surface area (Å²) in [5.41, 5.74) is 1.83. The van der Waals surface area contributed by atoms with Gasteiger partial charge in [-0.2, -0.15) is 4.98 Å². The highest BCUT2D eigenvalue weighted by Crippen LogP contribution is 2.27. The molecule has 1 atom stereocenters. The summed E-state index contributed by atoms with van der Waals surface area (Å²) in [5.74, 6) is 1.92. The molecule has 25 heavy (non-hydrogen) atoms. The molecule has 0 bridgehead atoms. The third-order valence-electron chi connectivity index (χ3n) is 4.00. The van der Waals surface area contributed by atoms with Gasteiger partial charge in [0.1, 0.15) is 11.9 Å². The number of hydrogen-bond donors (Lipinski definition) is 1. The van der Waals surface area contributed by atoms with Crippen molar-refractivity contribution in [3.63, 3.8) is 0 Å². The predicted molar refractivity (Wildman–Crippen MR) is 93.4 cm³/mol. The van der Waals surface area contributed by atoms with Gasteiger partial charge in [-0.25, -0.2) is 0 Å². The monoisotopic (exact) mass is 337 g/mol. The van der Waals surface area contributed by atoms with Crippen molar-refractivity contribution in [2.24, 2.45) is 0 Å². The SMILES string of the molecule is c1ccc(-c2noc(CNc3ccccc3OC3CCOC3)n2)cc1. The Labute approximate surface area is 145 Å². The average molecular weight is 337 g/mol. The Balaban J connectivity index is 1.42. The molecule has 128 valence electrons. The topological polar surface area (TPSA) is 69.4 Å². The maximum atomic E-state index is 6.02.